The molecule has 190 valence electrons. The number of amides is 1. The van der Waals surface area contributed by atoms with Crippen LogP contribution in [0.15, 0.2) is 6.20 Å². The van der Waals surface area contributed by atoms with Crippen LogP contribution in [-0.2, 0) is 24.5 Å². The highest BCUT2D eigenvalue weighted by atomic mass is 19.4. The molecule has 1 aromatic heterocycles. The second kappa shape index (κ2) is 7.82. The molecule has 6 rings (SSSR count). The molecule has 0 aromatic carbocycles. The van der Waals surface area contributed by atoms with Crippen LogP contribution in [0.3, 0.4) is 0 Å². The normalized spacial score (nSPS) is 36.7. The summed E-state index contributed by atoms with van der Waals surface area (Å²) in [4.78, 5) is 16.8. The smallest absolute Gasteiger partial charge is 0.368 e. The third kappa shape index (κ3) is 4.66. The topological polar surface area (TPSA) is 74.6 Å². The van der Waals surface area contributed by atoms with Crippen molar-refractivity contribution in [3.63, 3.8) is 0 Å². The molecule has 2 bridgehead atoms. The number of nitrogens with one attached hydrogen (secondary N) is 1. The maximum atomic E-state index is 12.3. The molecule has 5 saturated carbocycles. The highest BCUT2D eigenvalue weighted by molar-refractivity contribution is 5.78. The standard InChI is InChI=1S/C21H25F6N3O4/c1-11-28-16(12-2-14(3-12)33-20(22,23)24)6-30(11)19-8-18(9-19,10-19)29-17(31)7-32-13-4-15(5-13)34-21(25,26)27/h6,12-15H,2-5,7-10H2,1H3,(H,29,31)/t12?,13-,14?,15+,18?,19?. The summed E-state index contributed by atoms with van der Waals surface area (Å²) in [5.41, 5.74) is 0.302. The Morgan fingerprint density at radius 1 is 1.03 bits per heavy atom. The maximum Gasteiger partial charge on any atom is 0.522 e. The monoisotopic (exact) mass is 497 g/mol. The highest BCUT2D eigenvalue weighted by Gasteiger charge is 2.70. The molecular formula is C21H25F6N3O4. The fourth-order valence-electron chi connectivity index (χ4n) is 5.85. The fourth-order valence-corrected chi connectivity index (χ4v) is 5.85. The Balaban J connectivity index is 1.04. The van der Waals surface area contributed by atoms with Crippen LogP contribution in [0.4, 0.5) is 26.3 Å². The number of ether oxygens (including phenoxy) is 3. The van der Waals surface area contributed by atoms with Crippen molar-refractivity contribution in [1.29, 1.82) is 0 Å². The predicted octanol–water partition coefficient (Wildman–Crippen LogP) is 3.81. The Bertz CT molecular complexity index is 930. The van der Waals surface area contributed by atoms with E-state index in [1.54, 1.807) is 0 Å². The minimum Gasteiger partial charge on any atom is -0.368 e. The van der Waals surface area contributed by atoms with Crippen molar-refractivity contribution in [3.05, 3.63) is 17.7 Å². The summed E-state index contributed by atoms with van der Waals surface area (Å²) in [6, 6.07) is 0. The van der Waals surface area contributed by atoms with Crippen molar-refractivity contribution in [3.8, 4) is 0 Å². The lowest BCUT2D eigenvalue weighted by molar-refractivity contribution is -0.357. The summed E-state index contributed by atoms with van der Waals surface area (Å²) in [6.07, 6.45) is -6.60. The molecule has 34 heavy (non-hydrogen) atoms. The van der Waals surface area contributed by atoms with Crippen LogP contribution in [-0.4, -0.2) is 58.6 Å². The van der Waals surface area contributed by atoms with E-state index in [0.29, 0.717) is 0 Å². The number of carbonyl (C=O) groups excluding carboxylic acids is 1. The van der Waals surface area contributed by atoms with Gasteiger partial charge in [0.15, 0.2) is 0 Å². The lowest BCUT2D eigenvalue weighted by Crippen LogP contribution is -2.79. The zero-order chi connectivity index (χ0) is 24.5. The number of aromatic nitrogens is 2. The molecule has 0 atom stereocenters. The van der Waals surface area contributed by atoms with E-state index in [-0.39, 0.29) is 55.2 Å². The van der Waals surface area contributed by atoms with Gasteiger partial charge in [-0.1, -0.05) is 0 Å². The van der Waals surface area contributed by atoms with E-state index in [9.17, 15) is 31.1 Å². The third-order valence-electron chi connectivity index (χ3n) is 7.43. The van der Waals surface area contributed by atoms with Crippen LogP contribution in [0, 0.1) is 6.92 Å². The number of imidazole rings is 1. The van der Waals surface area contributed by atoms with Gasteiger partial charge in [-0.05, 0) is 39.0 Å². The number of halogens is 6. The summed E-state index contributed by atoms with van der Waals surface area (Å²) in [6.45, 7) is 1.65. The Morgan fingerprint density at radius 2 is 1.59 bits per heavy atom. The van der Waals surface area contributed by atoms with Crippen molar-refractivity contribution < 1.29 is 45.3 Å². The van der Waals surface area contributed by atoms with Crippen LogP contribution in [0.25, 0.3) is 0 Å². The quantitative estimate of drug-likeness (QED) is 0.553. The summed E-state index contributed by atoms with van der Waals surface area (Å²) >= 11 is 0. The van der Waals surface area contributed by atoms with Gasteiger partial charge in [-0.2, -0.15) is 0 Å². The molecule has 1 aromatic rings. The van der Waals surface area contributed by atoms with Gasteiger partial charge in [0.2, 0.25) is 5.91 Å². The second-order valence-electron chi connectivity index (χ2n) is 10.1. The van der Waals surface area contributed by atoms with E-state index in [1.807, 2.05) is 13.1 Å². The van der Waals surface area contributed by atoms with Crippen molar-refractivity contribution in [2.24, 2.45) is 0 Å². The number of hydrogen-bond donors (Lipinski definition) is 1. The Kier molecular flexibility index (Phi) is 5.49. The third-order valence-corrected chi connectivity index (χ3v) is 7.43. The molecule has 1 amide bonds. The molecule has 1 heterocycles. The van der Waals surface area contributed by atoms with Gasteiger partial charge in [-0.3, -0.25) is 14.3 Å². The number of rotatable bonds is 8. The van der Waals surface area contributed by atoms with Crippen molar-refractivity contribution in [1.82, 2.24) is 14.9 Å². The average molecular weight is 497 g/mol. The molecule has 0 unspecified atom stereocenters. The first-order valence-corrected chi connectivity index (χ1v) is 11.2. The molecule has 0 saturated heterocycles. The molecule has 5 aliphatic rings. The first-order valence-electron chi connectivity index (χ1n) is 11.2. The van der Waals surface area contributed by atoms with Crippen LogP contribution in [0.5, 0.6) is 0 Å². The van der Waals surface area contributed by atoms with Crippen LogP contribution >= 0.6 is 0 Å². The van der Waals surface area contributed by atoms with E-state index in [2.05, 4.69) is 24.3 Å². The predicted molar refractivity (Wildman–Crippen MR) is 102 cm³/mol. The van der Waals surface area contributed by atoms with Gasteiger partial charge in [0, 0.05) is 30.5 Å². The molecule has 13 heteroatoms. The molecule has 7 nitrogen and oxygen atoms in total. The van der Waals surface area contributed by atoms with Crippen LogP contribution < -0.4 is 5.32 Å². The van der Waals surface area contributed by atoms with Gasteiger partial charge in [-0.15, -0.1) is 26.3 Å². The number of carbonyl (C=O) groups is 1. The zero-order valence-electron chi connectivity index (χ0n) is 18.3. The van der Waals surface area contributed by atoms with Crippen molar-refractivity contribution in [2.75, 3.05) is 6.61 Å². The summed E-state index contributed by atoms with van der Waals surface area (Å²) in [5, 5.41) is 2.97. The van der Waals surface area contributed by atoms with Gasteiger partial charge in [0.25, 0.3) is 0 Å². The lowest BCUT2D eigenvalue weighted by atomic mass is 9.44. The van der Waals surface area contributed by atoms with E-state index in [1.165, 1.54) is 0 Å². The molecule has 1 N–H and O–H groups in total. The van der Waals surface area contributed by atoms with Gasteiger partial charge in [0.1, 0.15) is 12.4 Å². The number of nitrogens with zero attached hydrogens (tertiary/aromatic N) is 2. The first-order chi connectivity index (χ1) is 15.7. The minimum atomic E-state index is -4.66. The van der Waals surface area contributed by atoms with Gasteiger partial charge in [0.05, 0.1) is 29.5 Å². The minimum absolute atomic E-state index is 0.0573. The highest BCUT2D eigenvalue weighted by Crippen LogP contribution is 2.65. The Morgan fingerprint density at radius 3 is 2.15 bits per heavy atom. The number of hydrogen-bond acceptors (Lipinski definition) is 5. The molecule has 0 radical (unpaired) electrons. The molecule has 5 fully saturated rings. The summed E-state index contributed by atoms with van der Waals surface area (Å²) < 4.78 is 88.8. The van der Waals surface area contributed by atoms with Gasteiger partial charge in [-0.25, -0.2) is 4.98 Å². The summed E-state index contributed by atoms with van der Waals surface area (Å²) in [5.74, 6) is 0.429. The van der Waals surface area contributed by atoms with E-state index < -0.39 is 31.0 Å². The maximum absolute atomic E-state index is 12.3. The number of aryl methyl sites for hydroxylation is 1. The molecule has 5 aliphatic carbocycles. The Labute approximate surface area is 191 Å². The largest absolute Gasteiger partial charge is 0.522 e. The molecule has 0 spiro atoms. The van der Waals surface area contributed by atoms with Crippen molar-refractivity contribution >= 4 is 5.91 Å². The zero-order valence-corrected chi connectivity index (χ0v) is 18.3. The second-order valence-corrected chi connectivity index (χ2v) is 10.1. The van der Waals surface area contributed by atoms with Crippen molar-refractivity contribution in [2.45, 2.75) is 99.9 Å². The number of alkyl halides is 6. The molecular weight excluding hydrogens is 472 g/mol. The van der Waals surface area contributed by atoms with Gasteiger partial charge < -0.3 is 14.6 Å². The van der Waals surface area contributed by atoms with Gasteiger partial charge >= 0.3 is 12.7 Å². The lowest BCUT2D eigenvalue weighted by Gasteiger charge is -2.70. The van der Waals surface area contributed by atoms with E-state index >= 15 is 0 Å². The molecule has 0 aliphatic heterocycles. The van der Waals surface area contributed by atoms with Crippen LogP contribution in [0.1, 0.15) is 62.4 Å². The van der Waals surface area contributed by atoms with E-state index in [4.69, 9.17) is 4.74 Å². The average Bonchev–Trinajstić information content (AvgIpc) is 2.93. The first kappa shape index (κ1) is 23.9. The van der Waals surface area contributed by atoms with Crippen LogP contribution in [0.2, 0.25) is 0 Å². The summed E-state index contributed by atoms with van der Waals surface area (Å²) in [7, 11) is 0. The van der Waals surface area contributed by atoms with E-state index in [0.717, 1.165) is 30.8 Å². The SMILES string of the molecule is Cc1nc(C2CC(OC(F)(F)F)C2)cn1C12CC(NC(=O)CO[C@H]3C[C@@H](OC(F)(F)F)C3)(C1)C2. The fraction of sp³-hybridized carbons (Fsp3) is 0.810. The Hall–Kier alpha value is -1.86.